The summed E-state index contributed by atoms with van der Waals surface area (Å²) < 4.78 is 9.87. The summed E-state index contributed by atoms with van der Waals surface area (Å²) in [6.07, 6.45) is 2.98. The van der Waals surface area contributed by atoms with Crippen LogP contribution in [0.3, 0.4) is 0 Å². The van der Waals surface area contributed by atoms with Crippen molar-refractivity contribution in [1.29, 1.82) is 0 Å². The largest absolute Gasteiger partial charge is 0.452 e. The van der Waals surface area contributed by atoms with E-state index in [2.05, 4.69) is 50.8 Å². The van der Waals surface area contributed by atoms with Gasteiger partial charge in [-0.05, 0) is 54.8 Å². The first-order chi connectivity index (χ1) is 21.3. The molecule has 246 valence electrons. The fourth-order valence-corrected chi connectivity index (χ4v) is 2.80. The Hall–Kier alpha value is -4.24. The summed E-state index contributed by atoms with van der Waals surface area (Å²) in [6.45, 7) is 4.92. The minimum atomic E-state index is -0.609. The Labute approximate surface area is 299 Å². The number of aryl methyl sites for hydroxylation is 2. The number of carbonyl (C=O) groups excluding carboxylic acids is 4. The molecule has 13 heteroatoms. The molecule has 2 rings (SSSR count). The fraction of sp³-hybridized carbons (Fsp3) is 0.333. The van der Waals surface area contributed by atoms with Crippen LogP contribution in [0.15, 0.2) is 46.4 Å². The number of amides is 1. The number of nitrogens with one attached hydrogen (secondary N) is 1. The van der Waals surface area contributed by atoms with Gasteiger partial charge in [0.15, 0.2) is 13.2 Å². The van der Waals surface area contributed by atoms with Crippen LogP contribution in [0.1, 0.15) is 37.5 Å². The number of benzene rings is 2. The summed E-state index contributed by atoms with van der Waals surface area (Å²) >= 11 is 0. The molecule has 0 fully saturated rings. The molecular formula is C33H37ArN3O9. The number of aliphatic hydroxyl groups excluding tert-OH is 3. The second-order valence-corrected chi connectivity index (χ2v) is 7.95. The van der Waals surface area contributed by atoms with Crippen LogP contribution in [0.2, 0.25) is 0 Å². The van der Waals surface area contributed by atoms with Gasteiger partial charge in [0.05, 0.1) is 17.8 Å². The van der Waals surface area contributed by atoms with Crippen molar-refractivity contribution >= 4 is 41.3 Å². The first-order valence-electron chi connectivity index (χ1n) is 12.9. The number of ether oxygens (including phenoxy) is 2. The molecule has 0 aromatic heterocycles. The van der Waals surface area contributed by atoms with Gasteiger partial charge >= 0.3 is 12.1 Å². The molecule has 1 amide bonds. The molecule has 0 unspecified atom stereocenters. The second kappa shape index (κ2) is 30.8. The Balaban J connectivity index is -0.000000735. The van der Waals surface area contributed by atoms with E-state index in [1.807, 2.05) is 13.8 Å². The Morgan fingerprint density at radius 3 is 1.93 bits per heavy atom. The molecule has 0 aliphatic carbocycles. The number of aliphatic hydroxyl groups is 3. The van der Waals surface area contributed by atoms with Gasteiger partial charge in [0.1, 0.15) is 19.8 Å². The molecule has 0 saturated carbocycles. The van der Waals surface area contributed by atoms with Gasteiger partial charge in [-0.25, -0.2) is 14.4 Å². The van der Waals surface area contributed by atoms with E-state index in [0.29, 0.717) is 23.5 Å². The molecule has 0 aliphatic rings. The third-order valence-electron chi connectivity index (χ3n) is 4.83. The number of carbonyl (C=O) groups is 2. The van der Waals surface area contributed by atoms with Crippen LogP contribution in [0.4, 0.5) is 21.9 Å². The normalized spacial score (nSPS) is 8.13. The van der Waals surface area contributed by atoms with E-state index in [-0.39, 0.29) is 84.6 Å². The van der Waals surface area contributed by atoms with Crippen LogP contribution in [0, 0.1) is 87.1 Å². The minimum Gasteiger partial charge on any atom is -0.452 e. The Bertz CT molecular complexity index is 1510. The molecule has 0 heterocycles. The van der Waals surface area contributed by atoms with E-state index in [1.165, 1.54) is 18.2 Å². The van der Waals surface area contributed by atoms with Crippen LogP contribution < -0.4 is 5.32 Å². The van der Waals surface area contributed by atoms with Gasteiger partial charge in [-0.15, -0.1) is 5.92 Å². The Kier molecular flexibility index (Phi) is 30.9. The summed E-state index contributed by atoms with van der Waals surface area (Å²) in [6, 6.07) is 10.1. The first kappa shape index (κ1) is 46.2. The van der Waals surface area contributed by atoms with Crippen molar-refractivity contribution in [2.75, 3.05) is 38.4 Å². The number of isocyanates is 2. The number of hydrogen-bond acceptors (Lipinski definition) is 11. The van der Waals surface area contributed by atoms with E-state index >= 15 is 0 Å². The van der Waals surface area contributed by atoms with Crippen LogP contribution >= 0.6 is 0 Å². The second-order valence-electron chi connectivity index (χ2n) is 7.95. The minimum absolute atomic E-state index is 0. The molecule has 0 aliphatic heterocycles. The monoisotopic (exact) mass is 659 g/mol. The molecule has 0 atom stereocenters. The molecule has 2 aromatic rings. The number of esters is 1. The maximum atomic E-state index is 11.8. The molecule has 0 radical (unpaired) electrons. The van der Waals surface area contributed by atoms with Gasteiger partial charge < -0.3 is 24.8 Å². The molecule has 46 heavy (non-hydrogen) atoms. The summed E-state index contributed by atoms with van der Waals surface area (Å²) in [7, 11) is 0. The number of rotatable bonds is 7. The number of anilines is 1. The number of nitrogens with zero attached hydrogens (tertiary/aromatic N) is 2. The zero-order chi connectivity index (χ0) is 33.0. The van der Waals surface area contributed by atoms with Crippen LogP contribution in [0.25, 0.3) is 0 Å². The Morgan fingerprint density at radius 2 is 1.35 bits per heavy atom. The van der Waals surface area contributed by atoms with E-state index in [0.717, 1.165) is 16.7 Å². The van der Waals surface area contributed by atoms with Crippen molar-refractivity contribution in [3.63, 3.8) is 0 Å². The maximum absolute atomic E-state index is 11.8. The average molecular weight is 660 g/mol. The number of hydrogen-bond donors (Lipinski definition) is 4. The predicted octanol–water partition coefficient (Wildman–Crippen LogP) is 3.58. The first-order valence-corrected chi connectivity index (χ1v) is 12.9. The third kappa shape index (κ3) is 23.2. The third-order valence-corrected chi connectivity index (χ3v) is 4.83. The van der Waals surface area contributed by atoms with Crippen molar-refractivity contribution in [3.8, 4) is 35.5 Å². The summed E-state index contributed by atoms with van der Waals surface area (Å²) in [5.74, 6) is 14.5. The van der Waals surface area contributed by atoms with Gasteiger partial charge in [-0.3, -0.25) is 10.1 Å². The van der Waals surface area contributed by atoms with Crippen molar-refractivity contribution in [3.05, 3.63) is 53.1 Å². The average Bonchev–Trinajstić information content (AvgIpc) is 3.01. The standard InChI is InChI=1S/C19H21NO5.C9H6N2O2.C4H6O2.CH4.Ar/c1-3-4-6-12-25-19(23)20-17-9-8-15(2)16(13-17)14-18(22)24-11-7-5-10-21;1-7-2-3-8(10-5-12)4-9(7)11-6-13;5-3-1-2-4-6;;/h8-9,13,21H,3,10-12,14H2,1-2H3,(H,20,23);2-4H,1H3;5-6H,3-4H2;1H4;. The van der Waals surface area contributed by atoms with E-state index in [4.69, 9.17) is 24.8 Å². The van der Waals surface area contributed by atoms with Crippen LogP contribution in [-0.4, -0.2) is 72.6 Å². The maximum Gasteiger partial charge on any atom is 0.412 e. The summed E-state index contributed by atoms with van der Waals surface area (Å²) in [5, 5.41) is 26.9. The molecule has 0 saturated heterocycles. The van der Waals surface area contributed by atoms with Gasteiger partial charge in [0, 0.05) is 49.8 Å². The predicted molar refractivity (Wildman–Crippen MR) is 169 cm³/mol. The zero-order valence-corrected chi connectivity index (χ0v) is 25.7. The molecule has 0 spiro atoms. The molecule has 4 N–H and O–H groups in total. The topological polar surface area (TPSA) is 184 Å². The van der Waals surface area contributed by atoms with E-state index in [9.17, 15) is 19.2 Å². The van der Waals surface area contributed by atoms with Crippen LogP contribution in [-0.2, 0) is 30.3 Å². The van der Waals surface area contributed by atoms with Gasteiger partial charge in [-0.1, -0.05) is 56.1 Å². The van der Waals surface area contributed by atoms with Crippen molar-refractivity contribution in [1.82, 2.24) is 0 Å². The smallest absolute Gasteiger partial charge is 0.412 e. The van der Waals surface area contributed by atoms with Crippen LogP contribution in [0.5, 0.6) is 0 Å². The molecule has 0 bridgehead atoms. The van der Waals surface area contributed by atoms with E-state index in [1.54, 1.807) is 37.3 Å². The summed E-state index contributed by atoms with van der Waals surface area (Å²) in [5.41, 5.74) is 3.85. The quantitative estimate of drug-likeness (QED) is 0.149. The molecular weight excluding hydrogens is 622 g/mol. The fourth-order valence-electron chi connectivity index (χ4n) is 2.80. The SMILES string of the molecule is C.CCC#CCOC(=O)Nc1ccc(C)c(CC(=O)OCC#CCO)c1.Cc1ccc(N=C=O)cc1N=C=O.OCC#CCO.[Ar]. The van der Waals surface area contributed by atoms with E-state index < -0.39 is 12.1 Å². The summed E-state index contributed by atoms with van der Waals surface area (Å²) in [4.78, 5) is 50.2. The molecule has 2 aromatic carbocycles. The Morgan fingerprint density at radius 1 is 0.783 bits per heavy atom. The van der Waals surface area contributed by atoms with Crippen molar-refractivity contribution in [2.24, 2.45) is 9.98 Å². The van der Waals surface area contributed by atoms with Crippen molar-refractivity contribution < 1.29 is 81.7 Å². The van der Waals surface area contributed by atoms with Gasteiger partial charge in [0.25, 0.3) is 0 Å². The number of aliphatic imine (C=N–C) groups is 2. The van der Waals surface area contributed by atoms with Gasteiger partial charge in [0.2, 0.25) is 12.2 Å². The van der Waals surface area contributed by atoms with Crippen molar-refractivity contribution in [2.45, 2.75) is 41.0 Å². The van der Waals surface area contributed by atoms with Gasteiger partial charge in [-0.2, -0.15) is 9.98 Å². The zero-order valence-electron chi connectivity index (χ0n) is 25.0. The molecule has 12 nitrogen and oxygen atoms in total.